The van der Waals surface area contributed by atoms with E-state index in [-0.39, 0.29) is 11.9 Å². The molecule has 0 atom stereocenters. The third-order valence-corrected chi connectivity index (χ3v) is 4.92. The Morgan fingerprint density at radius 2 is 1.86 bits per heavy atom. The van der Waals surface area contributed by atoms with Gasteiger partial charge in [0.1, 0.15) is 6.33 Å². The highest BCUT2D eigenvalue weighted by Gasteiger charge is 2.24. The largest absolute Gasteiger partial charge is 0.461 e. The molecule has 8 nitrogen and oxygen atoms in total. The Morgan fingerprint density at radius 3 is 2.69 bits per heavy atom. The van der Waals surface area contributed by atoms with Crippen LogP contribution in [0.1, 0.15) is 40.7 Å². The molecule has 2 aliphatic heterocycles. The summed E-state index contributed by atoms with van der Waals surface area (Å²) in [5, 5.41) is 2.76. The number of aryl methyl sites for hydroxylation is 2. The first kappa shape index (κ1) is 18.8. The predicted molar refractivity (Wildman–Crippen MR) is 106 cm³/mol. The van der Waals surface area contributed by atoms with Crippen LogP contribution in [-0.2, 0) is 28.8 Å². The molecule has 148 valence electrons. The van der Waals surface area contributed by atoms with Crippen molar-refractivity contribution in [2.24, 2.45) is 0 Å². The van der Waals surface area contributed by atoms with Crippen LogP contribution in [0.4, 0.5) is 5.69 Å². The summed E-state index contributed by atoms with van der Waals surface area (Å²) >= 11 is 0. The van der Waals surface area contributed by atoms with E-state index in [4.69, 9.17) is 4.74 Å². The van der Waals surface area contributed by atoms with Crippen molar-refractivity contribution in [3.05, 3.63) is 65.8 Å². The number of hydrogen-bond donors (Lipinski definition) is 1. The monoisotopic (exact) mass is 391 g/mol. The lowest BCUT2D eigenvalue weighted by molar-refractivity contribution is -0.116. The highest BCUT2D eigenvalue weighted by molar-refractivity contribution is 5.93. The quantitative estimate of drug-likeness (QED) is 0.674. The van der Waals surface area contributed by atoms with Gasteiger partial charge in [-0.25, -0.2) is 9.78 Å². The van der Waals surface area contributed by atoms with Gasteiger partial charge in [0.25, 0.3) is 0 Å². The number of imidazole rings is 1. The maximum absolute atomic E-state index is 11.8. The number of carbonyl (C=O) groups is 2. The molecular weight excluding hydrogens is 370 g/mol. The first-order valence-corrected chi connectivity index (χ1v) is 9.56. The van der Waals surface area contributed by atoms with Crippen molar-refractivity contribution >= 4 is 17.6 Å². The maximum Gasteiger partial charge on any atom is 0.358 e. The summed E-state index contributed by atoms with van der Waals surface area (Å²) in [6, 6.07) is 3.94. The van der Waals surface area contributed by atoms with Gasteiger partial charge in [-0.2, -0.15) is 0 Å². The highest BCUT2D eigenvalue weighted by atomic mass is 16.5. The molecule has 8 heteroatoms. The van der Waals surface area contributed by atoms with Gasteiger partial charge in [-0.05, 0) is 49.4 Å². The summed E-state index contributed by atoms with van der Waals surface area (Å²) in [5.41, 5.74) is 5.61. The van der Waals surface area contributed by atoms with Crippen molar-refractivity contribution in [2.45, 2.75) is 32.6 Å². The molecule has 0 aliphatic carbocycles. The highest BCUT2D eigenvalue weighted by Crippen LogP contribution is 2.25. The molecule has 1 amide bonds. The second-order valence-corrected chi connectivity index (χ2v) is 6.72. The van der Waals surface area contributed by atoms with Crippen LogP contribution in [0.15, 0.2) is 43.2 Å². The Hall–Kier alpha value is -3.55. The molecule has 29 heavy (non-hydrogen) atoms. The van der Waals surface area contributed by atoms with Crippen molar-refractivity contribution in [2.75, 3.05) is 11.9 Å². The zero-order valence-electron chi connectivity index (χ0n) is 16.1. The third-order valence-electron chi connectivity index (χ3n) is 4.92. The minimum Gasteiger partial charge on any atom is -0.461 e. The van der Waals surface area contributed by atoms with Crippen LogP contribution < -0.4 is 5.32 Å². The van der Waals surface area contributed by atoms with Gasteiger partial charge in [0.05, 0.1) is 36.1 Å². The van der Waals surface area contributed by atoms with Gasteiger partial charge in [-0.3, -0.25) is 14.8 Å². The number of nitrogens with one attached hydrogen (secondary N) is 1. The smallest absolute Gasteiger partial charge is 0.358 e. The SMILES string of the molecule is CCOC(=O)c1ncn2c1CCc1ccncc1-2.O=C1CCc2ccncc2N1. The second-order valence-electron chi connectivity index (χ2n) is 6.72. The molecule has 0 aromatic carbocycles. The Balaban J connectivity index is 0.000000159. The zero-order chi connectivity index (χ0) is 20.2. The molecule has 3 aromatic heterocycles. The van der Waals surface area contributed by atoms with Gasteiger partial charge in [0, 0.05) is 18.8 Å². The first-order chi connectivity index (χ1) is 14.2. The molecule has 0 radical (unpaired) electrons. The lowest BCUT2D eigenvalue weighted by atomic mass is 10.0. The Kier molecular flexibility index (Phi) is 5.33. The minimum absolute atomic E-state index is 0.0884. The van der Waals surface area contributed by atoms with E-state index in [0.29, 0.717) is 18.7 Å². The molecule has 5 heterocycles. The topological polar surface area (TPSA) is 99.0 Å². The van der Waals surface area contributed by atoms with E-state index in [2.05, 4.69) is 20.3 Å². The van der Waals surface area contributed by atoms with Crippen LogP contribution in [-0.4, -0.2) is 38.0 Å². The van der Waals surface area contributed by atoms with Gasteiger partial charge >= 0.3 is 5.97 Å². The van der Waals surface area contributed by atoms with Crippen molar-refractivity contribution in [3.63, 3.8) is 0 Å². The van der Waals surface area contributed by atoms with Crippen molar-refractivity contribution in [1.29, 1.82) is 0 Å². The number of esters is 1. The predicted octanol–water partition coefficient (Wildman–Crippen LogP) is 2.51. The van der Waals surface area contributed by atoms with E-state index >= 15 is 0 Å². The van der Waals surface area contributed by atoms with Crippen molar-refractivity contribution in [3.8, 4) is 5.69 Å². The van der Waals surface area contributed by atoms with Crippen LogP contribution in [0.2, 0.25) is 0 Å². The standard InChI is InChI=1S/C13H13N3O2.C8H8N2O/c1-2-18-13(17)12-10-4-3-9-5-6-14-7-11(9)16(10)8-15-12;11-8-2-1-6-3-4-9-5-7(6)10-8/h5-8H,2-4H2,1H3;3-5H,1-2H2,(H,10,11). The number of hydrogen-bond acceptors (Lipinski definition) is 6. The normalized spacial score (nSPS) is 13.8. The van der Waals surface area contributed by atoms with Crippen LogP contribution >= 0.6 is 0 Å². The Bertz CT molecular complexity index is 1060. The second kappa shape index (κ2) is 8.22. The van der Waals surface area contributed by atoms with Crippen LogP contribution in [0.25, 0.3) is 5.69 Å². The number of carbonyl (C=O) groups excluding carboxylic acids is 2. The average molecular weight is 391 g/mol. The fourth-order valence-electron chi connectivity index (χ4n) is 3.50. The lowest BCUT2D eigenvalue weighted by Gasteiger charge is -2.18. The molecule has 5 rings (SSSR count). The summed E-state index contributed by atoms with van der Waals surface area (Å²) in [7, 11) is 0. The zero-order valence-corrected chi connectivity index (χ0v) is 16.1. The van der Waals surface area contributed by atoms with Gasteiger partial charge in [-0.1, -0.05) is 0 Å². The maximum atomic E-state index is 11.8. The lowest BCUT2D eigenvalue weighted by Crippen LogP contribution is -2.18. The van der Waals surface area contributed by atoms with E-state index in [1.54, 1.807) is 38.0 Å². The number of pyridine rings is 2. The summed E-state index contributed by atoms with van der Waals surface area (Å²) in [6.07, 6.45) is 11.8. The van der Waals surface area contributed by atoms with E-state index in [1.807, 2.05) is 16.7 Å². The van der Waals surface area contributed by atoms with Crippen LogP contribution in [0.3, 0.4) is 0 Å². The number of amides is 1. The van der Waals surface area contributed by atoms with Gasteiger partial charge in [0.15, 0.2) is 5.69 Å². The Labute approximate surface area is 168 Å². The number of ether oxygens (including phenoxy) is 1. The summed E-state index contributed by atoms with van der Waals surface area (Å²) in [5.74, 6) is -0.260. The summed E-state index contributed by atoms with van der Waals surface area (Å²) < 4.78 is 6.94. The number of anilines is 1. The van der Waals surface area contributed by atoms with E-state index in [9.17, 15) is 9.59 Å². The minimum atomic E-state index is -0.349. The average Bonchev–Trinajstić information content (AvgIpc) is 3.19. The van der Waals surface area contributed by atoms with Gasteiger partial charge in [0.2, 0.25) is 5.91 Å². The third kappa shape index (κ3) is 3.87. The Morgan fingerprint density at radius 1 is 1.10 bits per heavy atom. The number of nitrogens with zero attached hydrogens (tertiary/aromatic N) is 4. The number of rotatable bonds is 2. The fraction of sp³-hybridized carbons (Fsp3) is 0.286. The molecule has 0 spiro atoms. The van der Waals surface area contributed by atoms with Crippen LogP contribution in [0, 0.1) is 0 Å². The number of aromatic nitrogens is 4. The van der Waals surface area contributed by atoms with E-state index < -0.39 is 0 Å². The van der Waals surface area contributed by atoms with E-state index in [1.165, 1.54) is 11.1 Å². The van der Waals surface area contributed by atoms with Crippen molar-refractivity contribution < 1.29 is 14.3 Å². The number of fused-ring (bicyclic) bond motifs is 4. The molecule has 0 saturated heterocycles. The van der Waals surface area contributed by atoms with Gasteiger partial charge < -0.3 is 14.6 Å². The summed E-state index contributed by atoms with van der Waals surface area (Å²) in [6.45, 7) is 2.16. The molecule has 1 N–H and O–H groups in total. The molecular formula is C21H21N5O3. The van der Waals surface area contributed by atoms with Crippen molar-refractivity contribution in [1.82, 2.24) is 19.5 Å². The molecule has 0 unspecified atom stereocenters. The molecule has 3 aromatic rings. The molecule has 0 saturated carbocycles. The molecule has 0 bridgehead atoms. The van der Waals surface area contributed by atoms with Gasteiger partial charge in [-0.15, -0.1) is 0 Å². The van der Waals surface area contributed by atoms with Crippen LogP contribution in [0.5, 0.6) is 0 Å². The summed E-state index contributed by atoms with van der Waals surface area (Å²) in [4.78, 5) is 34.9. The first-order valence-electron chi connectivity index (χ1n) is 9.56. The molecule has 2 aliphatic rings. The fourth-order valence-corrected chi connectivity index (χ4v) is 3.50. The molecule has 0 fully saturated rings. The van der Waals surface area contributed by atoms with E-state index in [0.717, 1.165) is 36.3 Å².